The third kappa shape index (κ3) is 5.01. The van der Waals surface area contributed by atoms with E-state index in [1.165, 1.54) is 12.1 Å². The molecule has 3 aromatic rings. The standard InChI is InChI=1S/C25H26F3N3O4/c1-24(2,3)22(33)30-13-8-7-11(9-12(13)26)15-10-14(32)16-20(31-23(34)25(4,5)6)17(27)19(29)18(28)21(16)35-15/h7-10H,29H2,1-6H3,(H,30,33)(H,31,34). The molecule has 0 aliphatic carbocycles. The van der Waals surface area contributed by atoms with E-state index >= 15 is 0 Å². The fraction of sp³-hybridized carbons (Fsp3) is 0.320. The van der Waals surface area contributed by atoms with Crippen LogP contribution in [0.1, 0.15) is 41.5 Å². The Morgan fingerprint density at radius 1 is 0.886 bits per heavy atom. The van der Waals surface area contributed by atoms with Gasteiger partial charge in [-0.1, -0.05) is 41.5 Å². The van der Waals surface area contributed by atoms with Gasteiger partial charge in [0.1, 0.15) is 17.3 Å². The average molecular weight is 489 g/mol. The van der Waals surface area contributed by atoms with Gasteiger partial charge in [0.2, 0.25) is 11.8 Å². The van der Waals surface area contributed by atoms with Crippen molar-refractivity contribution in [1.29, 1.82) is 0 Å². The molecule has 7 nitrogen and oxygen atoms in total. The zero-order chi connectivity index (χ0) is 26.5. The van der Waals surface area contributed by atoms with Crippen molar-refractivity contribution in [2.45, 2.75) is 41.5 Å². The number of carbonyl (C=O) groups excluding carboxylic acids is 2. The Labute approximate surface area is 199 Å². The highest BCUT2D eigenvalue weighted by Gasteiger charge is 2.28. The molecule has 35 heavy (non-hydrogen) atoms. The van der Waals surface area contributed by atoms with Crippen molar-refractivity contribution in [1.82, 2.24) is 0 Å². The van der Waals surface area contributed by atoms with Crippen LogP contribution >= 0.6 is 0 Å². The Hall–Kier alpha value is -3.82. The third-order valence-corrected chi connectivity index (χ3v) is 5.19. The summed E-state index contributed by atoms with van der Waals surface area (Å²) in [7, 11) is 0. The lowest BCUT2D eigenvalue weighted by Gasteiger charge is -2.19. The van der Waals surface area contributed by atoms with Gasteiger partial charge in [-0.3, -0.25) is 14.4 Å². The van der Waals surface area contributed by atoms with E-state index in [1.807, 2.05) is 0 Å². The molecule has 0 bridgehead atoms. The number of benzene rings is 2. The summed E-state index contributed by atoms with van der Waals surface area (Å²) in [5.74, 6) is -4.74. The van der Waals surface area contributed by atoms with E-state index in [4.69, 9.17) is 10.2 Å². The molecule has 0 spiro atoms. The van der Waals surface area contributed by atoms with Crippen molar-refractivity contribution in [3.05, 3.63) is 51.9 Å². The number of rotatable bonds is 3. The van der Waals surface area contributed by atoms with Gasteiger partial charge in [-0.2, -0.15) is 0 Å². The minimum atomic E-state index is -1.33. The summed E-state index contributed by atoms with van der Waals surface area (Å²) < 4.78 is 49.8. The Kier molecular flexibility index (Phi) is 6.45. The van der Waals surface area contributed by atoms with Crippen LogP contribution in [-0.4, -0.2) is 11.8 Å². The molecule has 0 aliphatic rings. The molecular weight excluding hydrogens is 463 g/mol. The molecule has 0 saturated heterocycles. The fourth-order valence-corrected chi connectivity index (χ4v) is 2.99. The second-order valence-electron chi connectivity index (χ2n) is 10.2. The van der Waals surface area contributed by atoms with Crippen LogP contribution in [0, 0.1) is 28.3 Å². The lowest BCUT2D eigenvalue weighted by Crippen LogP contribution is -2.29. The molecule has 10 heteroatoms. The summed E-state index contributed by atoms with van der Waals surface area (Å²) in [6.45, 7) is 9.70. The molecule has 0 fully saturated rings. The van der Waals surface area contributed by atoms with Crippen molar-refractivity contribution < 1.29 is 27.2 Å². The maximum atomic E-state index is 14.9. The molecule has 0 atom stereocenters. The largest absolute Gasteiger partial charge is 0.453 e. The van der Waals surface area contributed by atoms with Crippen molar-refractivity contribution >= 4 is 39.8 Å². The van der Waals surface area contributed by atoms with Gasteiger partial charge in [-0.25, -0.2) is 13.2 Å². The first-order valence-corrected chi connectivity index (χ1v) is 10.7. The van der Waals surface area contributed by atoms with Gasteiger partial charge in [0.15, 0.2) is 22.6 Å². The SMILES string of the molecule is CC(C)(C)C(=O)Nc1ccc(-c2cc(=O)c3c(NC(=O)C(C)(C)C)c(F)c(N)c(F)c3o2)cc1F. The van der Waals surface area contributed by atoms with Crippen LogP contribution in [0.5, 0.6) is 0 Å². The Morgan fingerprint density at radius 3 is 2.00 bits per heavy atom. The number of amides is 2. The quantitative estimate of drug-likeness (QED) is 0.425. The molecule has 1 aromatic heterocycles. The second kappa shape index (κ2) is 8.75. The minimum absolute atomic E-state index is 0.0535. The first kappa shape index (κ1) is 25.8. The van der Waals surface area contributed by atoms with Crippen LogP contribution in [-0.2, 0) is 9.59 Å². The molecule has 1 heterocycles. The Morgan fingerprint density at radius 2 is 1.46 bits per heavy atom. The number of hydrogen-bond acceptors (Lipinski definition) is 5. The van der Waals surface area contributed by atoms with E-state index in [9.17, 15) is 27.6 Å². The first-order valence-electron chi connectivity index (χ1n) is 10.7. The lowest BCUT2D eigenvalue weighted by atomic mass is 9.95. The van der Waals surface area contributed by atoms with E-state index in [1.54, 1.807) is 41.5 Å². The highest BCUT2D eigenvalue weighted by atomic mass is 19.1. The molecule has 186 valence electrons. The molecule has 0 aliphatic heterocycles. The third-order valence-electron chi connectivity index (χ3n) is 5.19. The topological polar surface area (TPSA) is 114 Å². The van der Waals surface area contributed by atoms with Crippen LogP contribution < -0.4 is 21.8 Å². The maximum absolute atomic E-state index is 14.9. The fourth-order valence-electron chi connectivity index (χ4n) is 2.99. The van der Waals surface area contributed by atoms with Crippen molar-refractivity contribution in [2.24, 2.45) is 10.8 Å². The van der Waals surface area contributed by atoms with Crippen LogP contribution in [0.15, 0.2) is 33.5 Å². The molecule has 2 aromatic carbocycles. The lowest BCUT2D eigenvalue weighted by molar-refractivity contribution is -0.123. The van der Waals surface area contributed by atoms with Crippen LogP contribution in [0.4, 0.5) is 30.2 Å². The molecule has 2 amide bonds. The number of fused-ring (bicyclic) bond motifs is 1. The zero-order valence-corrected chi connectivity index (χ0v) is 20.2. The highest BCUT2D eigenvalue weighted by molar-refractivity contribution is 6.04. The summed E-state index contributed by atoms with van der Waals surface area (Å²) in [6, 6.07) is 4.54. The van der Waals surface area contributed by atoms with Gasteiger partial charge in [0.05, 0.1) is 16.8 Å². The molecular formula is C25H26F3N3O4. The molecule has 4 N–H and O–H groups in total. The van der Waals surface area contributed by atoms with Crippen molar-refractivity contribution in [2.75, 3.05) is 16.4 Å². The smallest absolute Gasteiger partial charge is 0.229 e. The van der Waals surface area contributed by atoms with E-state index in [0.717, 1.165) is 12.1 Å². The van der Waals surface area contributed by atoms with E-state index in [2.05, 4.69) is 10.6 Å². The zero-order valence-electron chi connectivity index (χ0n) is 20.2. The predicted octanol–water partition coefficient (Wildman–Crippen LogP) is 5.43. The highest BCUT2D eigenvalue weighted by Crippen LogP contribution is 2.36. The summed E-state index contributed by atoms with van der Waals surface area (Å²) >= 11 is 0. The Bertz CT molecular complexity index is 1420. The monoisotopic (exact) mass is 489 g/mol. The van der Waals surface area contributed by atoms with E-state index < -0.39 is 67.9 Å². The number of nitrogens with one attached hydrogen (secondary N) is 2. The number of anilines is 3. The Balaban J connectivity index is 2.15. The average Bonchev–Trinajstić information content (AvgIpc) is 2.74. The normalized spacial score (nSPS) is 12.0. The molecule has 0 radical (unpaired) electrons. The summed E-state index contributed by atoms with van der Waals surface area (Å²) in [6.07, 6.45) is 0. The van der Waals surface area contributed by atoms with Gasteiger partial charge in [0, 0.05) is 22.5 Å². The van der Waals surface area contributed by atoms with E-state index in [0.29, 0.717) is 0 Å². The number of nitrogen functional groups attached to an aromatic ring is 1. The minimum Gasteiger partial charge on any atom is -0.453 e. The predicted molar refractivity (Wildman–Crippen MR) is 128 cm³/mol. The number of carbonyl (C=O) groups is 2. The van der Waals surface area contributed by atoms with Gasteiger partial charge in [-0.15, -0.1) is 0 Å². The van der Waals surface area contributed by atoms with Gasteiger partial charge < -0.3 is 20.8 Å². The van der Waals surface area contributed by atoms with Gasteiger partial charge >= 0.3 is 0 Å². The molecule has 0 saturated carbocycles. The molecule has 3 rings (SSSR count). The van der Waals surface area contributed by atoms with Crippen molar-refractivity contribution in [3.8, 4) is 11.3 Å². The maximum Gasteiger partial charge on any atom is 0.229 e. The van der Waals surface area contributed by atoms with Gasteiger partial charge in [-0.05, 0) is 18.2 Å². The second-order valence-corrected chi connectivity index (χ2v) is 10.2. The number of hydrogen-bond donors (Lipinski definition) is 3. The van der Waals surface area contributed by atoms with Crippen molar-refractivity contribution in [3.63, 3.8) is 0 Å². The molecule has 0 unspecified atom stereocenters. The van der Waals surface area contributed by atoms with Crippen LogP contribution in [0.2, 0.25) is 0 Å². The van der Waals surface area contributed by atoms with Crippen LogP contribution in [0.3, 0.4) is 0 Å². The summed E-state index contributed by atoms with van der Waals surface area (Å²) in [4.78, 5) is 37.5. The summed E-state index contributed by atoms with van der Waals surface area (Å²) in [5.41, 5.74) is 0.646. The number of halogens is 3. The number of nitrogens with two attached hydrogens (primary N) is 1. The first-order chi connectivity index (χ1) is 16.0. The van der Waals surface area contributed by atoms with E-state index in [-0.39, 0.29) is 17.0 Å². The van der Waals surface area contributed by atoms with Gasteiger partial charge in [0.25, 0.3) is 0 Å². The summed E-state index contributed by atoms with van der Waals surface area (Å²) in [5, 5.41) is 4.20. The van der Waals surface area contributed by atoms with Crippen LogP contribution in [0.25, 0.3) is 22.3 Å².